The molecule has 0 bridgehead atoms. The largest absolute Gasteiger partial charge is 0.463 e. The van der Waals surface area contributed by atoms with Crippen molar-refractivity contribution in [2.24, 2.45) is 5.73 Å². The molecule has 2 aromatic rings. The van der Waals surface area contributed by atoms with E-state index in [1.807, 2.05) is 12.1 Å². The van der Waals surface area contributed by atoms with Crippen LogP contribution in [0.1, 0.15) is 21.5 Å². The number of aromatic nitrogens is 3. The fourth-order valence-electron chi connectivity index (χ4n) is 1.47. The van der Waals surface area contributed by atoms with E-state index in [4.69, 9.17) is 5.73 Å². The number of rotatable bonds is 4. The highest BCUT2D eigenvalue weighted by atomic mass is 79.9. The summed E-state index contributed by atoms with van der Waals surface area (Å²) in [6, 6.07) is 3.78. The molecule has 0 fully saturated rings. The molecule has 0 radical (unpaired) electrons. The minimum atomic E-state index is -0.558. The number of carbonyl (C=O) groups excluding carboxylic acids is 1. The van der Waals surface area contributed by atoms with E-state index in [1.54, 1.807) is 16.0 Å². The van der Waals surface area contributed by atoms with Crippen LogP contribution in [0.5, 0.6) is 0 Å². The van der Waals surface area contributed by atoms with Crippen LogP contribution in [0.25, 0.3) is 0 Å². The van der Waals surface area contributed by atoms with Crippen LogP contribution < -0.4 is 5.73 Å². The Kier molecular flexibility index (Phi) is 4.10. The van der Waals surface area contributed by atoms with E-state index in [2.05, 4.69) is 30.7 Å². The molecule has 0 saturated heterocycles. The second-order valence-corrected chi connectivity index (χ2v) is 5.93. The molecule has 0 amide bonds. The van der Waals surface area contributed by atoms with Gasteiger partial charge in [0.1, 0.15) is 12.4 Å². The molecular formula is C10H11BrN4O2S. The molecule has 0 aliphatic rings. The first-order valence-electron chi connectivity index (χ1n) is 5.10. The van der Waals surface area contributed by atoms with Crippen LogP contribution in [0, 0.1) is 0 Å². The van der Waals surface area contributed by atoms with Gasteiger partial charge in [0.2, 0.25) is 0 Å². The molecule has 0 saturated carbocycles. The van der Waals surface area contributed by atoms with Crippen LogP contribution >= 0.6 is 27.3 Å². The Morgan fingerprint density at radius 1 is 1.67 bits per heavy atom. The van der Waals surface area contributed by atoms with Crippen molar-refractivity contribution in [2.45, 2.75) is 6.04 Å². The second-order valence-electron chi connectivity index (χ2n) is 3.43. The van der Waals surface area contributed by atoms with Gasteiger partial charge in [-0.25, -0.2) is 14.5 Å². The highest BCUT2D eigenvalue weighted by Crippen LogP contribution is 2.28. The molecule has 18 heavy (non-hydrogen) atoms. The number of hydrogen-bond acceptors (Lipinski definition) is 6. The quantitative estimate of drug-likeness (QED) is 0.857. The van der Waals surface area contributed by atoms with Gasteiger partial charge in [-0.3, -0.25) is 0 Å². The summed E-state index contributed by atoms with van der Waals surface area (Å²) in [6.07, 6.45) is 1.48. The smallest absolute Gasteiger partial charge is 0.377 e. The Hall–Kier alpha value is -1.25. The zero-order valence-electron chi connectivity index (χ0n) is 9.54. The Balaban J connectivity index is 2.28. The van der Waals surface area contributed by atoms with Crippen molar-refractivity contribution in [3.63, 3.8) is 0 Å². The predicted molar refractivity (Wildman–Crippen MR) is 70.6 cm³/mol. The monoisotopic (exact) mass is 330 g/mol. The Morgan fingerprint density at radius 3 is 3.00 bits per heavy atom. The topological polar surface area (TPSA) is 83.0 Å². The summed E-state index contributed by atoms with van der Waals surface area (Å²) >= 11 is 4.97. The van der Waals surface area contributed by atoms with Crippen molar-refractivity contribution in [3.8, 4) is 0 Å². The van der Waals surface area contributed by atoms with E-state index in [0.29, 0.717) is 6.54 Å². The maximum atomic E-state index is 11.3. The average Bonchev–Trinajstić information content (AvgIpc) is 2.99. The van der Waals surface area contributed by atoms with Crippen LogP contribution in [0.15, 0.2) is 22.2 Å². The van der Waals surface area contributed by atoms with Gasteiger partial charge in [0, 0.05) is 11.4 Å². The molecule has 96 valence electrons. The number of thiophene rings is 1. The van der Waals surface area contributed by atoms with Gasteiger partial charge in [-0.2, -0.15) is 0 Å². The number of ether oxygens (including phenoxy) is 1. The molecule has 1 unspecified atom stereocenters. The molecule has 2 heterocycles. The standard InChI is InChI=1S/C10H11BrN4O2S/c1-17-10(16)9-13-5-15(14-9)6(4-12)7-2-3-8(11)18-7/h2-3,5-6H,4,12H2,1H3. The fraction of sp³-hybridized carbons (Fsp3) is 0.300. The summed E-state index contributed by atoms with van der Waals surface area (Å²) in [5.74, 6) is -0.525. The summed E-state index contributed by atoms with van der Waals surface area (Å²) in [6.45, 7) is 0.372. The van der Waals surface area contributed by atoms with Crippen molar-refractivity contribution in [1.82, 2.24) is 14.8 Å². The van der Waals surface area contributed by atoms with Crippen LogP contribution in [-0.4, -0.2) is 34.4 Å². The summed E-state index contributed by atoms with van der Waals surface area (Å²) < 4.78 is 7.15. The lowest BCUT2D eigenvalue weighted by Crippen LogP contribution is -2.20. The third-order valence-corrected chi connectivity index (χ3v) is 4.07. The first-order valence-corrected chi connectivity index (χ1v) is 6.71. The lowest BCUT2D eigenvalue weighted by molar-refractivity contribution is 0.0586. The van der Waals surface area contributed by atoms with Crippen molar-refractivity contribution in [2.75, 3.05) is 13.7 Å². The number of carbonyl (C=O) groups is 1. The van der Waals surface area contributed by atoms with E-state index in [-0.39, 0.29) is 11.9 Å². The number of halogens is 1. The zero-order chi connectivity index (χ0) is 13.1. The van der Waals surface area contributed by atoms with Crippen LogP contribution in [-0.2, 0) is 4.74 Å². The van der Waals surface area contributed by atoms with E-state index < -0.39 is 5.97 Å². The lowest BCUT2D eigenvalue weighted by atomic mass is 10.2. The third kappa shape index (κ3) is 2.60. The predicted octanol–water partition coefficient (Wildman–Crippen LogP) is 1.44. The first-order chi connectivity index (χ1) is 8.65. The lowest BCUT2D eigenvalue weighted by Gasteiger charge is -2.12. The van der Waals surface area contributed by atoms with E-state index in [9.17, 15) is 4.79 Å². The van der Waals surface area contributed by atoms with Gasteiger partial charge in [-0.1, -0.05) is 0 Å². The second kappa shape index (κ2) is 5.59. The van der Waals surface area contributed by atoms with Crippen LogP contribution in [0.2, 0.25) is 0 Å². The van der Waals surface area contributed by atoms with Gasteiger partial charge >= 0.3 is 5.97 Å². The number of methoxy groups -OCH3 is 1. The highest BCUT2D eigenvalue weighted by Gasteiger charge is 2.18. The molecule has 0 aliphatic carbocycles. The van der Waals surface area contributed by atoms with Crippen LogP contribution in [0.4, 0.5) is 0 Å². The number of hydrogen-bond donors (Lipinski definition) is 1. The van der Waals surface area contributed by atoms with E-state index in [0.717, 1.165) is 8.66 Å². The molecule has 0 aliphatic heterocycles. The minimum Gasteiger partial charge on any atom is -0.463 e. The molecule has 8 heteroatoms. The SMILES string of the molecule is COC(=O)c1ncn(C(CN)c2ccc(Br)s2)n1. The maximum Gasteiger partial charge on any atom is 0.377 e. The molecule has 2 rings (SSSR count). The van der Waals surface area contributed by atoms with Crippen molar-refractivity contribution in [1.29, 1.82) is 0 Å². The first kappa shape index (κ1) is 13.2. The number of esters is 1. The van der Waals surface area contributed by atoms with E-state index in [1.165, 1.54) is 13.4 Å². The van der Waals surface area contributed by atoms with E-state index >= 15 is 0 Å². The van der Waals surface area contributed by atoms with Gasteiger partial charge in [-0.05, 0) is 28.1 Å². The molecule has 0 aromatic carbocycles. The number of nitrogens with two attached hydrogens (primary N) is 1. The van der Waals surface area contributed by atoms with Crippen molar-refractivity contribution >= 4 is 33.2 Å². The fourth-order valence-corrected chi connectivity index (χ4v) is 3.00. The highest BCUT2D eigenvalue weighted by molar-refractivity contribution is 9.11. The summed E-state index contributed by atoms with van der Waals surface area (Å²) in [5.41, 5.74) is 5.75. The zero-order valence-corrected chi connectivity index (χ0v) is 11.9. The van der Waals surface area contributed by atoms with Crippen LogP contribution in [0.3, 0.4) is 0 Å². The molecule has 2 aromatic heterocycles. The van der Waals surface area contributed by atoms with Gasteiger partial charge in [0.05, 0.1) is 10.9 Å². The number of nitrogens with zero attached hydrogens (tertiary/aromatic N) is 3. The molecule has 0 spiro atoms. The summed E-state index contributed by atoms with van der Waals surface area (Å²) in [4.78, 5) is 16.2. The minimum absolute atomic E-state index is 0.0339. The average molecular weight is 331 g/mol. The Bertz CT molecular complexity index is 554. The third-order valence-electron chi connectivity index (χ3n) is 2.34. The van der Waals surface area contributed by atoms with Gasteiger partial charge in [0.25, 0.3) is 5.82 Å². The molecule has 6 nitrogen and oxygen atoms in total. The summed E-state index contributed by atoms with van der Waals surface area (Å²) in [5, 5.41) is 4.08. The van der Waals surface area contributed by atoms with Crippen molar-refractivity contribution < 1.29 is 9.53 Å². The normalized spacial score (nSPS) is 12.4. The van der Waals surface area contributed by atoms with Gasteiger partial charge in [-0.15, -0.1) is 16.4 Å². The molecule has 2 N–H and O–H groups in total. The molecular weight excluding hydrogens is 320 g/mol. The Morgan fingerprint density at radius 2 is 2.44 bits per heavy atom. The van der Waals surface area contributed by atoms with Gasteiger partial charge < -0.3 is 10.5 Å². The summed E-state index contributed by atoms with van der Waals surface area (Å²) in [7, 11) is 1.29. The maximum absolute atomic E-state index is 11.3. The van der Waals surface area contributed by atoms with Crippen molar-refractivity contribution in [3.05, 3.63) is 32.9 Å². The Labute approximate surface area is 116 Å². The molecule has 1 atom stereocenters. The van der Waals surface area contributed by atoms with Gasteiger partial charge in [0.15, 0.2) is 0 Å².